The summed E-state index contributed by atoms with van der Waals surface area (Å²) in [6, 6.07) is 7.32. The second kappa shape index (κ2) is 4.97. The van der Waals surface area contributed by atoms with Gasteiger partial charge in [-0.15, -0.1) is 11.3 Å². The van der Waals surface area contributed by atoms with Gasteiger partial charge in [-0.05, 0) is 24.6 Å². The van der Waals surface area contributed by atoms with E-state index in [-0.39, 0.29) is 6.42 Å². The molecule has 88 valence electrons. The number of carboxylic acid groups (broad SMARTS) is 1. The highest BCUT2D eigenvalue weighted by molar-refractivity contribution is 7.13. The molecule has 5 heteroatoms. The van der Waals surface area contributed by atoms with Gasteiger partial charge in [-0.3, -0.25) is 4.79 Å². The normalized spacial score (nSPS) is 10.2. The molecule has 0 aliphatic heterocycles. The van der Waals surface area contributed by atoms with Crippen LogP contribution in [0.5, 0.6) is 0 Å². The van der Waals surface area contributed by atoms with E-state index in [2.05, 4.69) is 10.3 Å². The molecule has 2 aromatic rings. The highest BCUT2D eigenvalue weighted by atomic mass is 32.1. The lowest BCUT2D eigenvalue weighted by molar-refractivity contribution is -0.136. The van der Waals surface area contributed by atoms with Crippen LogP contribution in [0.25, 0.3) is 0 Å². The van der Waals surface area contributed by atoms with Crippen molar-refractivity contribution in [2.45, 2.75) is 13.3 Å². The maximum atomic E-state index is 10.5. The molecule has 2 rings (SSSR count). The highest BCUT2D eigenvalue weighted by Gasteiger charge is 2.02. The summed E-state index contributed by atoms with van der Waals surface area (Å²) in [6.07, 6.45) is 0.0522. The van der Waals surface area contributed by atoms with Crippen molar-refractivity contribution in [3.63, 3.8) is 0 Å². The fourth-order valence-electron chi connectivity index (χ4n) is 1.42. The molecule has 0 unspecified atom stereocenters. The summed E-state index contributed by atoms with van der Waals surface area (Å²) in [5, 5.41) is 14.6. The minimum atomic E-state index is -0.818. The lowest BCUT2D eigenvalue weighted by Crippen LogP contribution is -1.99. The van der Waals surface area contributed by atoms with Crippen LogP contribution in [0.1, 0.15) is 11.3 Å². The lowest BCUT2D eigenvalue weighted by Gasteiger charge is -2.03. The van der Waals surface area contributed by atoms with Gasteiger partial charge in [0.15, 0.2) is 5.13 Å². The number of anilines is 2. The summed E-state index contributed by atoms with van der Waals surface area (Å²) in [4.78, 5) is 14.8. The fourth-order valence-corrected chi connectivity index (χ4v) is 2.12. The molecule has 17 heavy (non-hydrogen) atoms. The summed E-state index contributed by atoms with van der Waals surface area (Å²) in [5.41, 5.74) is 2.69. The molecule has 1 aromatic carbocycles. The Kier molecular flexibility index (Phi) is 3.39. The Morgan fingerprint density at radius 2 is 2.12 bits per heavy atom. The number of thiazole rings is 1. The smallest absolute Gasteiger partial charge is 0.307 e. The molecule has 4 nitrogen and oxygen atoms in total. The minimum Gasteiger partial charge on any atom is -0.481 e. The average Bonchev–Trinajstić information content (AvgIpc) is 2.66. The van der Waals surface area contributed by atoms with E-state index in [1.54, 1.807) is 23.5 Å². The maximum Gasteiger partial charge on any atom is 0.307 e. The van der Waals surface area contributed by atoms with E-state index < -0.39 is 5.97 Å². The Balaban J connectivity index is 2.05. The number of carbonyl (C=O) groups is 1. The second-order valence-electron chi connectivity index (χ2n) is 3.69. The van der Waals surface area contributed by atoms with Gasteiger partial charge in [0, 0.05) is 11.1 Å². The van der Waals surface area contributed by atoms with E-state index >= 15 is 0 Å². The SMILES string of the molecule is Cc1csc(Nc2ccc(CC(=O)O)cc2)n1. The van der Waals surface area contributed by atoms with E-state index in [1.807, 2.05) is 24.4 Å². The monoisotopic (exact) mass is 248 g/mol. The van der Waals surface area contributed by atoms with Gasteiger partial charge in [-0.2, -0.15) is 0 Å². The van der Waals surface area contributed by atoms with Gasteiger partial charge in [0.05, 0.1) is 12.1 Å². The van der Waals surface area contributed by atoms with Gasteiger partial charge in [0.1, 0.15) is 0 Å². The molecule has 0 atom stereocenters. The number of hydrogen-bond acceptors (Lipinski definition) is 4. The molecule has 0 aliphatic carbocycles. The molecule has 2 N–H and O–H groups in total. The first-order valence-corrected chi connectivity index (χ1v) is 6.01. The molecular weight excluding hydrogens is 236 g/mol. The number of rotatable bonds is 4. The van der Waals surface area contributed by atoms with Crippen molar-refractivity contribution < 1.29 is 9.90 Å². The molecule has 1 heterocycles. The second-order valence-corrected chi connectivity index (χ2v) is 4.54. The van der Waals surface area contributed by atoms with Crippen LogP contribution in [0.4, 0.5) is 10.8 Å². The van der Waals surface area contributed by atoms with Crippen LogP contribution in [-0.4, -0.2) is 16.1 Å². The number of hydrogen-bond donors (Lipinski definition) is 2. The van der Waals surface area contributed by atoms with E-state index in [0.717, 1.165) is 22.1 Å². The Hall–Kier alpha value is -1.88. The first-order chi connectivity index (χ1) is 8.13. The van der Waals surface area contributed by atoms with Crippen LogP contribution >= 0.6 is 11.3 Å². The highest BCUT2D eigenvalue weighted by Crippen LogP contribution is 2.20. The predicted octanol–water partition coefficient (Wildman–Crippen LogP) is 2.82. The van der Waals surface area contributed by atoms with Crippen LogP contribution in [0.2, 0.25) is 0 Å². The number of carboxylic acids is 1. The van der Waals surface area contributed by atoms with E-state index in [4.69, 9.17) is 5.11 Å². The number of nitrogens with zero attached hydrogens (tertiary/aromatic N) is 1. The molecule has 0 bridgehead atoms. The zero-order valence-corrected chi connectivity index (χ0v) is 10.1. The first-order valence-electron chi connectivity index (χ1n) is 5.13. The third kappa shape index (κ3) is 3.29. The third-order valence-corrected chi connectivity index (χ3v) is 3.06. The number of nitrogens with one attached hydrogen (secondary N) is 1. The molecule has 0 amide bonds. The Labute approximate surface area is 103 Å². The van der Waals surface area contributed by atoms with Crippen molar-refractivity contribution in [2.24, 2.45) is 0 Å². The summed E-state index contributed by atoms with van der Waals surface area (Å²) in [7, 11) is 0. The van der Waals surface area contributed by atoms with Crippen molar-refractivity contribution in [3.8, 4) is 0 Å². The molecule has 0 saturated heterocycles. The predicted molar refractivity (Wildman–Crippen MR) is 67.9 cm³/mol. The molecule has 0 radical (unpaired) electrons. The van der Waals surface area contributed by atoms with E-state index in [0.29, 0.717) is 0 Å². The van der Waals surface area contributed by atoms with Gasteiger partial charge >= 0.3 is 5.97 Å². The maximum absolute atomic E-state index is 10.5. The zero-order valence-electron chi connectivity index (χ0n) is 9.30. The van der Waals surface area contributed by atoms with Crippen molar-refractivity contribution in [1.82, 2.24) is 4.98 Å². The van der Waals surface area contributed by atoms with Gasteiger partial charge in [0.25, 0.3) is 0 Å². The minimum absolute atomic E-state index is 0.0522. The van der Waals surface area contributed by atoms with Gasteiger partial charge in [-0.25, -0.2) is 4.98 Å². The zero-order chi connectivity index (χ0) is 12.3. The van der Waals surface area contributed by atoms with Crippen LogP contribution in [0.15, 0.2) is 29.6 Å². The Bertz CT molecular complexity index is 520. The molecular formula is C12H12N2O2S. The average molecular weight is 248 g/mol. The summed E-state index contributed by atoms with van der Waals surface area (Å²) in [5.74, 6) is -0.818. The Morgan fingerprint density at radius 3 is 2.65 bits per heavy atom. The van der Waals surface area contributed by atoms with Crippen molar-refractivity contribution in [1.29, 1.82) is 0 Å². The number of aryl methyl sites for hydroxylation is 1. The molecule has 0 aliphatic rings. The van der Waals surface area contributed by atoms with Gasteiger partial charge in [-0.1, -0.05) is 12.1 Å². The number of benzene rings is 1. The topological polar surface area (TPSA) is 62.2 Å². The van der Waals surface area contributed by atoms with Crippen LogP contribution in [0, 0.1) is 6.92 Å². The van der Waals surface area contributed by atoms with Gasteiger partial charge in [0.2, 0.25) is 0 Å². The summed E-state index contributed by atoms with van der Waals surface area (Å²) < 4.78 is 0. The van der Waals surface area contributed by atoms with Crippen molar-refractivity contribution >= 4 is 28.1 Å². The van der Waals surface area contributed by atoms with Crippen LogP contribution in [0.3, 0.4) is 0 Å². The summed E-state index contributed by atoms with van der Waals surface area (Å²) >= 11 is 1.54. The van der Waals surface area contributed by atoms with Crippen molar-refractivity contribution in [2.75, 3.05) is 5.32 Å². The summed E-state index contributed by atoms with van der Waals surface area (Å²) in [6.45, 7) is 1.94. The van der Waals surface area contributed by atoms with E-state index in [9.17, 15) is 4.79 Å². The first kappa shape index (κ1) is 11.6. The molecule has 1 aromatic heterocycles. The quantitative estimate of drug-likeness (QED) is 0.873. The standard InChI is InChI=1S/C12H12N2O2S/c1-8-7-17-12(13-8)14-10-4-2-9(3-5-10)6-11(15)16/h2-5,7H,6H2,1H3,(H,13,14)(H,15,16). The van der Waals surface area contributed by atoms with Crippen molar-refractivity contribution in [3.05, 3.63) is 40.9 Å². The fraction of sp³-hybridized carbons (Fsp3) is 0.167. The number of aromatic nitrogens is 1. The van der Waals surface area contributed by atoms with Gasteiger partial charge < -0.3 is 10.4 Å². The molecule has 0 fully saturated rings. The molecule has 0 spiro atoms. The number of aliphatic carboxylic acids is 1. The lowest BCUT2D eigenvalue weighted by atomic mass is 10.1. The third-order valence-electron chi connectivity index (χ3n) is 2.18. The largest absolute Gasteiger partial charge is 0.481 e. The van der Waals surface area contributed by atoms with E-state index in [1.165, 1.54) is 0 Å². The Morgan fingerprint density at radius 1 is 1.41 bits per heavy atom. The van der Waals surface area contributed by atoms with Crippen LogP contribution < -0.4 is 5.32 Å². The van der Waals surface area contributed by atoms with Crippen LogP contribution in [-0.2, 0) is 11.2 Å². The molecule has 0 saturated carbocycles.